The molecule has 42 heavy (non-hydrogen) atoms. The molecule has 1 aliphatic heterocycles. The maximum Gasteiger partial charge on any atom is 0.337 e. The van der Waals surface area contributed by atoms with E-state index in [1.165, 1.54) is 12.1 Å². The Morgan fingerprint density at radius 3 is 1.43 bits per heavy atom. The number of carbonyl (C=O) groups is 3. The molecule has 1 heterocycles. The molecule has 0 aliphatic carbocycles. The topological polar surface area (TPSA) is 96.0 Å². The molecule has 2 amide bonds. The smallest absolute Gasteiger partial charge is 0.337 e. The van der Waals surface area contributed by atoms with Gasteiger partial charge in [0.25, 0.3) is 11.8 Å². The quantitative estimate of drug-likeness (QED) is 0.123. The monoisotopic (exact) mass is 579 g/mol. The lowest BCUT2D eigenvalue weighted by atomic mass is 10.1. The molecule has 1 aliphatic rings. The number of rotatable bonds is 10. The van der Waals surface area contributed by atoms with Crippen LogP contribution >= 0.6 is 7.26 Å². The van der Waals surface area contributed by atoms with Crippen molar-refractivity contribution in [2.45, 2.75) is 19.9 Å². The highest BCUT2D eigenvalue weighted by Gasteiger charge is 2.59. The van der Waals surface area contributed by atoms with E-state index in [1.54, 1.807) is 26.0 Å². The summed E-state index contributed by atoms with van der Waals surface area (Å²) in [5.74, 6) is -3.02. The van der Waals surface area contributed by atoms with Crippen molar-refractivity contribution in [1.29, 1.82) is 0 Å². The zero-order valence-electron chi connectivity index (χ0n) is 23.3. The Labute approximate surface area is 245 Å². The molecule has 0 fully saturated rings. The number of imide groups is 1. The minimum Gasteiger partial charge on any atom is -0.611 e. The van der Waals surface area contributed by atoms with Gasteiger partial charge in [0.15, 0.2) is 6.04 Å². The molecular weight excluding hydrogens is 549 g/mol. The Hall–Kier alpha value is -4.74. The summed E-state index contributed by atoms with van der Waals surface area (Å²) in [6.07, 6.45) is 0. The third-order valence-corrected chi connectivity index (χ3v) is 11.5. The van der Waals surface area contributed by atoms with E-state index in [1.807, 2.05) is 91.0 Å². The minimum atomic E-state index is -3.29. The number of benzene rings is 4. The van der Waals surface area contributed by atoms with Crippen LogP contribution in [0.4, 0.5) is 0 Å². The van der Waals surface area contributed by atoms with Crippen LogP contribution in [0.3, 0.4) is 0 Å². The van der Waals surface area contributed by atoms with E-state index < -0.39 is 37.0 Å². The Morgan fingerprint density at radius 1 is 0.667 bits per heavy atom. The highest BCUT2D eigenvalue weighted by atomic mass is 31.2. The van der Waals surface area contributed by atoms with Crippen LogP contribution in [-0.4, -0.2) is 41.9 Å². The third kappa shape index (κ3) is 4.86. The zero-order valence-corrected chi connectivity index (χ0v) is 24.2. The van der Waals surface area contributed by atoms with Crippen molar-refractivity contribution in [3.05, 3.63) is 138 Å². The van der Waals surface area contributed by atoms with Gasteiger partial charge in [0.05, 0.1) is 23.7 Å². The average molecular weight is 580 g/mol. The normalized spacial score (nSPS) is 14.2. The molecule has 0 spiro atoms. The predicted octanol–water partition coefficient (Wildman–Crippen LogP) is 3.77. The first-order valence-corrected chi connectivity index (χ1v) is 15.5. The lowest BCUT2D eigenvalue weighted by Gasteiger charge is -2.37. The van der Waals surface area contributed by atoms with Gasteiger partial charge in [-0.1, -0.05) is 73.7 Å². The third-order valence-electron chi connectivity index (χ3n) is 7.13. The fourth-order valence-electron chi connectivity index (χ4n) is 5.46. The van der Waals surface area contributed by atoms with Crippen LogP contribution in [0, 0.1) is 0 Å². The molecule has 1 atom stereocenters. The summed E-state index contributed by atoms with van der Waals surface area (Å²) in [5.41, 5.74) is 0.311. The molecule has 5 rings (SSSR count). The van der Waals surface area contributed by atoms with E-state index in [0.717, 1.165) is 20.8 Å². The van der Waals surface area contributed by atoms with Gasteiger partial charge in [-0.05, 0) is 62.1 Å². The number of amides is 2. The van der Waals surface area contributed by atoms with Crippen LogP contribution in [0.2, 0.25) is 0 Å². The van der Waals surface area contributed by atoms with Gasteiger partial charge in [0.1, 0.15) is 28.5 Å². The molecule has 7 nitrogen and oxygen atoms in total. The van der Waals surface area contributed by atoms with E-state index >= 15 is 0 Å². The predicted molar refractivity (Wildman–Crippen MR) is 161 cm³/mol. The van der Waals surface area contributed by atoms with Crippen molar-refractivity contribution in [3.63, 3.8) is 0 Å². The summed E-state index contributed by atoms with van der Waals surface area (Å²) in [4.78, 5) is 42.8. The molecule has 0 radical (unpaired) electrons. The van der Waals surface area contributed by atoms with Crippen LogP contribution in [-0.2, 0) is 14.3 Å². The number of fused-ring (bicyclic) bond motifs is 1. The molecule has 4 aromatic rings. The lowest BCUT2D eigenvalue weighted by molar-refractivity contribution is -0.358. The van der Waals surface area contributed by atoms with Crippen LogP contribution in [0.5, 0.6) is 0 Å². The van der Waals surface area contributed by atoms with Crippen LogP contribution in [0.15, 0.2) is 127 Å². The summed E-state index contributed by atoms with van der Waals surface area (Å²) in [6, 6.07) is 32.9. The fraction of sp³-hybridized carbons (Fsp3) is 0.147. The first kappa shape index (κ1) is 28.8. The van der Waals surface area contributed by atoms with Crippen molar-refractivity contribution in [1.82, 2.24) is 4.90 Å². The van der Waals surface area contributed by atoms with Crippen LogP contribution in [0.1, 0.15) is 34.6 Å². The summed E-state index contributed by atoms with van der Waals surface area (Å²) in [5, 5.41) is 16.6. The van der Waals surface area contributed by atoms with E-state index in [-0.39, 0.29) is 29.7 Å². The number of carbonyl (C=O) groups excluding carboxylic acids is 3. The van der Waals surface area contributed by atoms with Gasteiger partial charge in [0, 0.05) is 0 Å². The Bertz CT molecular complexity index is 1490. The van der Waals surface area contributed by atoms with Crippen molar-refractivity contribution in [3.8, 4) is 0 Å². The van der Waals surface area contributed by atoms with E-state index in [0.29, 0.717) is 0 Å². The van der Waals surface area contributed by atoms with E-state index in [2.05, 4.69) is 0 Å². The second-order valence-corrected chi connectivity index (χ2v) is 12.8. The van der Waals surface area contributed by atoms with E-state index in [9.17, 15) is 19.5 Å². The van der Waals surface area contributed by atoms with Gasteiger partial charge >= 0.3 is 5.97 Å². The molecule has 0 saturated heterocycles. The SMILES string of the molecule is CCOC(=O)[C@@H](/C(=C(\[O-])OCC)[P+](c1ccccc1)(c1ccccc1)c1ccccc1)N1C(=O)c2ccccc2C1=O. The lowest BCUT2D eigenvalue weighted by Crippen LogP contribution is -2.51. The summed E-state index contributed by atoms with van der Waals surface area (Å²) >= 11 is 0. The first-order chi connectivity index (χ1) is 20.5. The fourth-order valence-corrected chi connectivity index (χ4v) is 9.97. The Balaban J connectivity index is 1.93. The minimum absolute atomic E-state index is 0.0123. The van der Waals surface area contributed by atoms with Gasteiger partial charge in [-0.15, -0.1) is 0 Å². The van der Waals surface area contributed by atoms with Crippen molar-refractivity contribution in [2.75, 3.05) is 13.2 Å². The highest BCUT2D eigenvalue weighted by Crippen LogP contribution is 2.65. The Kier molecular flexibility index (Phi) is 8.51. The molecule has 0 saturated carbocycles. The number of nitrogens with zero attached hydrogens (tertiary/aromatic N) is 1. The molecule has 0 aromatic heterocycles. The van der Waals surface area contributed by atoms with Crippen molar-refractivity contribution >= 4 is 41.0 Å². The number of esters is 1. The molecule has 0 bridgehead atoms. The second-order valence-electron chi connectivity index (χ2n) is 9.46. The maximum absolute atomic E-state index is 14.4. The van der Waals surface area contributed by atoms with Crippen molar-refractivity contribution < 1.29 is 29.0 Å². The van der Waals surface area contributed by atoms with E-state index in [4.69, 9.17) is 9.47 Å². The summed E-state index contributed by atoms with van der Waals surface area (Å²) < 4.78 is 11.2. The Morgan fingerprint density at radius 2 is 1.05 bits per heavy atom. The van der Waals surface area contributed by atoms with Gasteiger partial charge in [-0.3, -0.25) is 14.5 Å². The summed E-state index contributed by atoms with van der Waals surface area (Å²) in [6.45, 7) is 3.29. The molecule has 0 N–H and O–H groups in total. The first-order valence-electron chi connectivity index (χ1n) is 13.7. The molecule has 8 heteroatoms. The van der Waals surface area contributed by atoms with Gasteiger partial charge in [-0.25, -0.2) is 4.79 Å². The van der Waals surface area contributed by atoms with Crippen LogP contribution in [0.25, 0.3) is 0 Å². The number of ether oxygens (including phenoxy) is 2. The maximum atomic E-state index is 14.4. The average Bonchev–Trinajstić information content (AvgIpc) is 3.28. The van der Waals surface area contributed by atoms with Gasteiger partial charge < -0.3 is 14.6 Å². The largest absolute Gasteiger partial charge is 0.611 e. The standard InChI is InChI=1S/C34H30NO6P/c1-3-40-33(38)29(35-31(36)27-22-14-15-23-28(27)32(35)37)30(34(39)41-4-2)42(24-16-8-5-9-17-24,25-18-10-6-11-19-25)26-20-12-7-13-21-26/h5-23,29H,3-4H2,1-2H3/b34-30-/t29-/m1/s1. The molecular formula is C34H30NO6P. The molecule has 0 unspecified atom stereocenters. The van der Waals surface area contributed by atoms with Gasteiger partial charge in [-0.2, -0.15) is 0 Å². The van der Waals surface area contributed by atoms with Gasteiger partial charge in [0.2, 0.25) is 0 Å². The van der Waals surface area contributed by atoms with Crippen molar-refractivity contribution in [2.24, 2.45) is 0 Å². The molecule has 212 valence electrons. The van der Waals surface area contributed by atoms with Crippen LogP contribution < -0.4 is 21.0 Å². The zero-order chi connectivity index (χ0) is 29.7. The number of hydrogen-bond donors (Lipinski definition) is 0. The number of hydrogen-bond acceptors (Lipinski definition) is 6. The molecule has 4 aromatic carbocycles. The highest BCUT2D eigenvalue weighted by molar-refractivity contribution is 7.99. The second kappa shape index (κ2) is 12.4. The summed E-state index contributed by atoms with van der Waals surface area (Å²) in [7, 11) is -3.29.